The summed E-state index contributed by atoms with van der Waals surface area (Å²) < 4.78 is 0.910. The molecule has 2 nitrogen and oxygen atoms in total. The Labute approximate surface area is 83.0 Å². The number of benzene rings is 1. The Morgan fingerprint density at radius 2 is 1.64 bits per heavy atom. The zero-order chi connectivity index (χ0) is 9.80. The standard InChI is InChI=1S/C12H11NO/c14-13-9-5-4-8-12(13)10-11-6-2-1-3-7-11/h1-9H,10H2. The van der Waals surface area contributed by atoms with E-state index in [1.807, 2.05) is 42.5 Å². The molecule has 70 valence electrons. The SMILES string of the molecule is [O-][n+]1ccccc1Cc1ccccc1. The predicted octanol–water partition coefficient (Wildman–Crippen LogP) is 1.91. The quantitative estimate of drug-likeness (QED) is 0.518. The highest BCUT2D eigenvalue weighted by Gasteiger charge is 2.03. The molecule has 1 heterocycles. The molecule has 0 aliphatic heterocycles. The van der Waals surface area contributed by atoms with Gasteiger partial charge in [-0.1, -0.05) is 36.4 Å². The van der Waals surface area contributed by atoms with Crippen LogP contribution in [0.5, 0.6) is 0 Å². The van der Waals surface area contributed by atoms with Gasteiger partial charge in [-0.25, -0.2) is 0 Å². The van der Waals surface area contributed by atoms with Crippen LogP contribution in [0.25, 0.3) is 0 Å². The van der Waals surface area contributed by atoms with Crippen LogP contribution >= 0.6 is 0 Å². The Morgan fingerprint density at radius 1 is 0.929 bits per heavy atom. The lowest BCUT2D eigenvalue weighted by Gasteiger charge is -2.03. The highest BCUT2D eigenvalue weighted by Crippen LogP contribution is 2.04. The van der Waals surface area contributed by atoms with E-state index >= 15 is 0 Å². The van der Waals surface area contributed by atoms with Gasteiger partial charge in [0.25, 0.3) is 0 Å². The number of aromatic nitrogens is 1. The number of nitrogens with zero attached hydrogens (tertiary/aromatic N) is 1. The summed E-state index contributed by atoms with van der Waals surface area (Å²) in [6, 6.07) is 15.4. The van der Waals surface area contributed by atoms with Crippen LogP contribution in [0.4, 0.5) is 0 Å². The molecule has 0 aliphatic rings. The molecule has 1 aromatic carbocycles. The van der Waals surface area contributed by atoms with Crippen molar-refractivity contribution in [3.05, 3.63) is 71.2 Å². The monoisotopic (exact) mass is 185 g/mol. The maximum absolute atomic E-state index is 11.3. The van der Waals surface area contributed by atoms with Gasteiger partial charge >= 0.3 is 0 Å². The van der Waals surface area contributed by atoms with Crippen LogP contribution in [0.3, 0.4) is 0 Å². The molecule has 0 saturated heterocycles. The number of hydrogen-bond acceptors (Lipinski definition) is 1. The third-order valence-electron chi connectivity index (χ3n) is 2.13. The second kappa shape index (κ2) is 3.92. The number of hydrogen-bond donors (Lipinski definition) is 0. The molecule has 1 aromatic heterocycles. The second-order valence-corrected chi connectivity index (χ2v) is 3.18. The minimum absolute atomic E-state index is 0.686. The molecular weight excluding hydrogens is 174 g/mol. The van der Waals surface area contributed by atoms with E-state index in [0.717, 1.165) is 16.0 Å². The summed E-state index contributed by atoms with van der Waals surface area (Å²) in [7, 11) is 0. The normalized spacial score (nSPS) is 10.0. The summed E-state index contributed by atoms with van der Waals surface area (Å²) in [5.41, 5.74) is 1.93. The minimum Gasteiger partial charge on any atom is -0.618 e. The van der Waals surface area contributed by atoms with Crippen molar-refractivity contribution in [2.75, 3.05) is 0 Å². The number of rotatable bonds is 2. The first-order valence-corrected chi connectivity index (χ1v) is 4.57. The fourth-order valence-corrected chi connectivity index (χ4v) is 1.41. The summed E-state index contributed by atoms with van der Waals surface area (Å²) in [4.78, 5) is 0. The predicted molar refractivity (Wildman–Crippen MR) is 54.7 cm³/mol. The van der Waals surface area contributed by atoms with E-state index in [1.165, 1.54) is 6.20 Å². The van der Waals surface area contributed by atoms with Crippen LogP contribution in [-0.2, 0) is 6.42 Å². The van der Waals surface area contributed by atoms with E-state index in [2.05, 4.69) is 0 Å². The molecule has 0 bridgehead atoms. The van der Waals surface area contributed by atoms with Crippen molar-refractivity contribution in [3.63, 3.8) is 0 Å². The average Bonchev–Trinajstić information content (AvgIpc) is 2.23. The molecule has 0 saturated carbocycles. The molecule has 0 N–H and O–H groups in total. The van der Waals surface area contributed by atoms with E-state index in [4.69, 9.17) is 0 Å². The summed E-state index contributed by atoms with van der Waals surface area (Å²) >= 11 is 0. The van der Waals surface area contributed by atoms with Crippen molar-refractivity contribution in [2.24, 2.45) is 0 Å². The van der Waals surface area contributed by atoms with Crippen LogP contribution < -0.4 is 4.73 Å². The van der Waals surface area contributed by atoms with Gasteiger partial charge < -0.3 is 5.21 Å². The fraction of sp³-hybridized carbons (Fsp3) is 0.0833. The van der Waals surface area contributed by atoms with E-state index in [1.54, 1.807) is 6.07 Å². The van der Waals surface area contributed by atoms with Crippen LogP contribution in [0.1, 0.15) is 11.3 Å². The molecule has 14 heavy (non-hydrogen) atoms. The molecule has 0 atom stereocenters. The maximum Gasteiger partial charge on any atom is 0.197 e. The van der Waals surface area contributed by atoms with Crippen molar-refractivity contribution >= 4 is 0 Å². The van der Waals surface area contributed by atoms with Gasteiger partial charge in [0.2, 0.25) is 0 Å². The van der Waals surface area contributed by atoms with Gasteiger partial charge in [-0.05, 0) is 5.56 Å². The lowest BCUT2D eigenvalue weighted by atomic mass is 10.1. The average molecular weight is 185 g/mol. The first-order valence-electron chi connectivity index (χ1n) is 4.57. The van der Waals surface area contributed by atoms with Crippen molar-refractivity contribution in [1.82, 2.24) is 0 Å². The third kappa shape index (κ3) is 1.91. The Kier molecular flexibility index (Phi) is 2.45. The minimum atomic E-state index is 0.686. The largest absolute Gasteiger partial charge is 0.618 e. The first kappa shape index (κ1) is 8.75. The van der Waals surface area contributed by atoms with Gasteiger partial charge in [0.15, 0.2) is 11.9 Å². The summed E-state index contributed by atoms with van der Waals surface area (Å²) in [5, 5.41) is 11.3. The van der Waals surface area contributed by atoms with Crippen molar-refractivity contribution in [3.8, 4) is 0 Å². The fourth-order valence-electron chi connectivity index (χ4n) is 1.41. The van der Waals surface area contributed by atoms with E-state index in [9.17, 15) is 5.21 Å². The molecule has 0 fully saturated rings. The molecule has 2 aromatic rings. The summed E-state index contributed by atoms with van der Waals surface area (Å²) in [6.45, 7) is 0. The van der Waals surface area contributed by atoms with Crippen molar-refractivity contribution < 1.29 is 4.73 Å². The van der Waals surface area contributed by atoms with Gasteiger partial charge in [-0.15, -0.1) is 0 Å². The van der Waals surface area contributed by atoms with Crippen molar-refractivity contribution in [2.45, 2.75) is 6.42 Å². The van der Waals surface area contributed by atoms with E-state index in [-0.39, 0.29) is 0 Å². The zero-order valence-corrected chi connectivity index (χ0v) is 7.76. The maximum atomic E-state index is 11.3. The second-order valence-electron chi connectivity index (χ2n) is 3.18. The topological polar surface area (TPSA) is 26.9 Å². The zero-order valence-electron chi connectivity index (χ0n) is 7.76. The van der Waals surface area contributed by atoms with Gasteiger partial charge in [0.05, 0.1) is 6.42 Å². The van der Waals surface area contributed by atoms with E-state index in [0.29, 0.717) is 6.42 Å². The molecule has 0 spiro atoms. The highest BCUT2D eigenvalue weighted by molar-refractivity contribution is 5.19. The lowest BCUT2D eigenvalue weighted by molar-refractivity contribution is -0.613. The van der Waals surface area contributed by atoms with Crippen molar-refractivity contribution in [1.29, 1.82) is 0 Å². The van der Waals surface area contributed by atoms with Gasteiger partial charge in [-0.2, -0.15) is 4.73 Å². The molecule has 0 unspecified atom stereocenters. The number of pyridine rings is 1. The van der Waals surface area contributed by atoms with Gasteiger partial charge in [0, 0.05) is 12.1 Å². The van der Waals surface area contributed by atoms with Crippen LogP contribution in [0.2, 0.25) is 0 Å². The Balaban J connectivity index is 2.24. The van der Waals surface area contributed by atoms with Gasteiger partial charge in [0.1, 0.15) is 0 Å². The molecule has 0 radical (unpaired) electrons. The molecule has 0 aliphatic carbocycles. The Morgan fingerprint density at radius 3 is 2.36 bits per heavy atom. The molecule has 0 amide bonds. The summed E-state index contributed by atoms with van der Waals surface area (Å²) in [5.74, 6) is 0. The summed E-state index contributed by atoms with van der Waals surface area (Å²) in [6.07, 6.45) is 2.21. The van der Waals surface area contributed by atoms with Gasteiger partial charge in [-0.3, -0.25) is 0 Å². The smallest absolute Gasteiger partial charge is 0.197 e. The first-order chi connectivity index (χ1) is 6.86. The Bertz CT molecular complexity index is 412. The molecular formula is C12H11NO. The van der Waals surface area contributed by atoms with Crippen LogP contribution in [0.15, 0.2) is 54.7 Å². The molecule has 2 rings (SSSR count). The van der Waals surface area contributed by atoms with Crippen LogP contribution in [-0.4, -0.2) is 0 Å². The lowest BCUT2D eigenvalue weighted by Crippen LogP contribution is -2.30. The molecule has 2 heteroatoms. The highest BCUT2D eigenvalue weighted by atomic mass is 16.5. The van der Waals surface area contributed by atoms with E-state index < -0.39 is 0 Å². The third-order valence-corrected chi connectivity index (χ3v) is 2.13. The van der Waals surface area contributed by atoms with Crippen LogP contribution in [0, 0.1) is 5.21 Å². The Hall–Kier alpha value is -1.83.